The zero-order valence-electron chi connectivity index (χ0n) is 39.6. The molecule has 3 aliphatic carbocycles. The molecule has 6 N–H and O–H groups in total. The van der Waals surface area contributed by atoms with Crippen LogP contribution in [0.1, 0.15) is 53.4 Å². The van der Waals surface area contributed by atoms with Crippen molar-refractivity contribution in [3.63, 3.8) is 0 Å². The number of hydrogen-bond donors (Lipinski definition) is 6. The van der Waals surface area contributed by atoms with Gasteiger partial charge in [-0.3, -0.25) is 28.8 Å². The molecular weight excluding hydrogens is 897 g/mol. The van der Waals surface area contributed by atoms with Gasteiger partial charge in [0.15, 0.2) is 0 Å². The highest BCUT2D eigenvalue weighted by Gasteiger charge is 2.39. The number of likely N-dealkylation sites (tertiary alicyclic amines) is 2. The van der Waals surface area contributed by atoms with E-state index in [2.05, 4.69) is 31.9 Å². The summed E-state index contributed by atoms with van der Waals surface area (Å²) in [7, 11) is 0. The van der Waals surface area contributed by atoms with Gasteiger partial charge in [0.05, 0.1) is 48.3 Å². The van der Waals surface area contributed by atoms with Crippen molar-refractivity contribution >= 4 is 70.1 Å². The largest absolute Gasteiger partial charge is 0.463 e. The molecule has 0 aromatic heterocycles. The lowest BCUT2D eigenvalue weighted by Crippen LogP contribution is -2.52. The molecule has 5 aliphatic rings. The Morgan fingerprint density at radius 3 is 1.21 bits per heavy atom. The van der Waals surface area contributed by atoms with Crippen LogP contribution in [-0.4, -0.2) is 120 Å². The van der Waals surface area contributed by atoms with E-state index in [0.717, 1.165) is 0 Å². The van der Waals surface area contributed by atoms with E-state index in [4.69, 9.17) is 9.47 Å². The lowest BCUT2D eigenvalue weighted by molar-refractivity contribution is -0.140. The Hall–Kier alpha value is -7.76. The third-order valence-corrected chi connectivity index (χ3v) is 12.6. The molecule has 0 bridgehead atoms. The normalized spacial score (nSPS) is 21.3. The van der Waals surface area contributed by atoms with Gasteiger partial charge in [0, 0.05) is 35.8 Å². The molecule has 2 saturated heterocycles. The molecular formula is C52H60N8O10. The van der Waals surface area contributed by atoms with E-state index >= 15 is 0 Å². The van der Waals surface area contributed by atoms with Crippen molar-refractivity contribution in [2.75, 3.05) is 47.6 Å². The van der Waals surface area contributed by atoms with Crippen LogP contribution in [0.25, 0.3) is 0 Å². The van der Waals surface area contributed by atoms with E-state index in [1.54, 1.807) is 137 Å². The number of amides is 6. The summed E-state index contributed by atoms with van der Waals surface area (Å²) >= 11 is 0. The highest BCUT2D eigenvalue weighted by molar-refractivity contribution is 6.01. The van der Waals surface area contributed by atoms with Crippen LogP contribution in [0.4, 0.5) is 22.7 Å². The van der Waals surface area contributed by atoms with E-state index in [1.165, 1.54) is 9.80 Å². The smallest absolute Gasteiger partial charge is 0.336 e. The standard InChI is InChI=1S/C52H60N8O10/c1-5-69-51(67)39-29-42(56-36-21-25-38(26-22-36)58-48(64)44-18-12-28-60(44)50(66)32(4)54-46(62)34-15-9-10-16-34)40(52(68)70-6-2)30-41(39)55-35-19-23-37(24-20-35)57-47(63)43-17-11-27-59(43)49(65)31(3)53-45(61)33-13-7-8-14-33/h7-10,13-16,19-26,29-34,41-44,55-56H,5-6,11-12,17-18,27-28H2,1-4H3,(H,53,61)(H,54,62)(H,57,63)(H,58,64)/t31-,32-,41?,42?,43-,44-/m0/s1. The van der Waals surface area contributed by atoms with Crippen LogP contribution in [0.2, 0.25) is 0 Å². The quantitative estimate of drug-likeness (QED) is 0.115. The summed E-state index contributed by atoms with van der Waals surface area (Å²) in [4.78, 5) is 109. The number of ether oxygens (including phenoxy) is 2. The van der Waals surface area contributed by atoms with Gasteiger partial charge in [0.2, 0.25) is 35.4 Å². The molecule has 18 nitrogen and oxygen atoms in total. The molecule has 2 aromatic carbocycles. The molecule has 0 saturated carbocycles. The summed E-state index contributed by atoms with van der Waals surface area (Å²) in [6.45, 7) is 7.57. The van der Waals surface area contributed by atoms with Crippen molar-refractivity contribution < 1.29 is 47.8 Å². The molecule has 18 heteroatoms. The lowest BCUT2D eigenvalue weighted by Gasteiger charge is -2.29. The highest BCUT2D eigenvalue weighted by atomic mass is 16.5. The first-order chi connectivity index (χ1) is 33.7. The van der Waals surface area contributed by atoms with Crippen molar-refractivity contribution in [1.82, 2.24) is 20.4 Å². The summed E-state index contributed by atoms with van der Waals surface area (Å²) in [5.41, 5.74) is 2.48. The molecule has 70 heavy (non-hydrogen) atoms. The number of nitrogens with one attached hydrogen (secondary N) is 6. The summed E-state index contributed by atoms with van der Waals surface area (Å²) in [6.07, 6.45) is 19.5. The molecule has 7 rings (SSSR count). The predicted octanol–water partition coefficient (Wildman–Crippen LogP) is 4.29. The Labute approximate surface area is 406 Å². The number of nitrogens with zero attached hydrogens (tertiary/aromatic N) is 2. The topological polar surface area (TPSA) is 234 Å². The third-order valence-electron chi connectivity index (χ3n) is 12.6. The molecule has 0 spiro atoms. The van der Waals surface area contributed by atoms with Gasteiger partial charge in [0.25, 0.3) is 0 Å². The Morgan fingerprint density at radius 2 is 0.871 bits per heavy atom. The van der Waals surface area contributed by atoms with Crippen LogP contribution >= 0.6 is 0 Å². The number of benzene rings is 2. The fourth-order valence-electron chi connectivity index (χ4n) is 8.97. The van der Waals surface area contributed by atoms with Crippen LogP contribution in [0, 0.1) is 11.8 Å². The third kappa shape index (κ3) is 12.1. The van der Waals surface area contributed by atoms with Gasteiger partial charge in [-0.25, -0.2) is 9.59 Å². The van der Waals surface area contributed by atoms with Crippen LogP contribution in [0.3, 0.4) is 0 Å². The fraction of sp³-hybridized carbons (Fsp3) is 0.385. The fourth-order valence-corrected chi connectivity index (χ4v) is 8.97. The van der Waals surface area contributed by atoms with Gasteiger partial charge < -0.3 is 51.2 Å². The molecule has 2 unspecified atom stereocenters. The maximum absolute atomic E-state index is 13.5. The average molecular weight is 957 g/mol. The summed E-state index contributed by atoms with van der Waals surface area (Å²) in [5.74, 6) is -4.06. The lowest BCUT2D eigenvalue weighted by atomic mass is 9.90. The number of esters is 2. The van der Waals surface area contributed by atoms with Crippen LogP contribution in [-0.2, 0) is 47.8 Å². The zero-order valence-corrected chi connectivity index (χ0v) is 39.6. The monoisotopic (exact) mass is 956 g/mol. The molecule has 6 amide bonds. The van der Waals surface area contributed by atoms with E-state index < -0.39 is 60.0 Å². The Bertz CT molecular complexity index is 2330. The number of rotatable bonds is 18. The Morgan fingerprint density at radius 1 is 0.529 bits per heavy atom. The van der Waals surface area contributed by atoms with E-state index in [0.29, 0.717) is 61.5 Å². The first-order valence-electron chi connectivity index (χ1n) is 23.8. The first-order valence-corrected chi connectivity index (χ1v) is 23.8. The molecule has 2 aromatic rings. The molecule has 0 radical (unpaired) electrons. The van der Waals surface area contributed by atoms with Crippen molar-refractivity contribution in [3.05, 3.63) is 120 Å². The Balaban J connectivity index is 0.981. The van der Waals surface area contributed by atoms with Crippen molar-refractivity contribution in [2.45, 2.75) is 89.6 Å². The molecule has 2 aliphatic heterocycles. The van der Waals surface area contributed by atoms with Gasteiger partial charge in [-0.1, -0.05) is 48.6 Å². The van der Waals surface area contributed by atoms with Gasteiger partial charge >= 0.3 is 11.9 Å². The minimum atomic E-state index is -0.835. The van der Waals surface area contributed by atoms with Gasteiger partial charge in [-0.05, 0) is 114 Å². The summed E-state index contributed by atoms with van der Waals surface area (Å²) in [5, 5.41) is 17.9. The maximum Gasteiger partial charge on any atom is 0.336 e. The van der Waals surface area contributed by atoms with Crippen LogP contribution in [0.5, 0.6) is 0 Å². The maximum atomic E-state index is 13.5. The molecule has 368 valence electrons. The predicted molar refractivity (Wildman–Crippen MR) is 263 cm³/mol. The van der Waals surface area contributed by atoms with Gasteiger partial charge in [-0.15, -0.1) is 0 Å². The van der Waals surface area contributed by atoms with Gasteiger partial charge in [-0.2, -0.15) is 0 Å². The number of anilines is 4. The minimum absolute atomic E-state index is 0.0999. The van der Waals surface area contributed by atoms with Crippen LogP contribution in [0.15, 0.2) is 120 Å². The zero-order chi connectivity index (χ0) is 49.9. The molecule has 6 atom stereocenters. The van der Waals surface area contributed by atoms with Crippen molar-refractivity contribution in [3.8, 4) is 0 Å². The van der Waals surface area contributed by atoms with E-state index in [-0.39, 0.29) is 59.8 Å². The van der Waals surface area contributed by atoms with Crippen molar-refractivity contribution in [1.29, 1.82) is 0 Å². The summed E-state index contributed by atoms with van der Waals surface area (Å²) in [6, 6.07) is 8.79. The number of carbonyl (C=O) groups excluding carboxylic acids is 8. The second-order valence-corrected chi connectivity index (χ2v) is 17.5. The molecule has 2 heterocycles. The second-order valence-electron chi connectivity index (χ2n) is 17.5. The number of allylic oxidation sites excluding steroid dienone is 4. The minimum Gasteiger partial charge on any atom is -0.463 e. The first kappa shape index (κ1) is 50.1. The second kappa shape index (κ2) is 23.0. The number of hydrogen-bond acceptors (Lipinski definition) is 12. The van der Waals surface area contributed by atoms with Gasteiger partial charge in [0.1, 0.15) is 24.2 Å². The van der Waals surface area contributed by atoms with Crippen LogP contribution < -0.4 is 31.9 Å². The SMILES string of the molecule is CCOC(=O)C1=CC(Nc2ccc(NC(=O)[C@@H]3CCCN3C(=O)[C@H](C)NC(=O)C3C=CC=C3)cc2)C(C(=O)OCC)=CC1Nc1ccc(NC(=O)[C@@H]2CCCN2C(=O)[C@H](C)NC(=O)C2C=CC=C2)cc1. The van der Waals surface area contributed by atoms with Crippen molar-refractivity contribution in [2.24, 2.45) is 11.8 Å². The highest BCUT2D eigenvalue weighted by Crippen LogP contribution is 2.29. The van der Waals surface area contributed by atoms with E-state index in [9.17, 15) is 38.4 Å². The Kier molecular flexibility index (Phi) is 16.5. The molecule has 2 fully saturated rings. The van der Waals surface area contributed by atoms with E-state index in [1.807, 2.05) is 0 Å². The average Bonchev–Trinajstić information content (AvgIpc) is 4.21. The number of carbonyl (C=O) groups is 8. The summed E-state index contributed by atoms with van der Waals surface area (Å²) < 4.78 is 10.9.